The van der Waals surface area contributed by atoms with Crippen molar-refractivity contribution in [3.63, 3.8) is 0 Å². The van der Waals surface area contributed by atoms with Crippen LogP contribution in [-0.2, 0) is 20.7 Å². The molecule has 0 aliphatic carbocycles. The number of hydrogen-bond donors (Lipinski definition) is 1. The van der Waals surface area contributed by atoms with Gasteiger partial charge in [-0.1, -0.05) is 30.3 Å². The highest BCUT2D eigenvalue weighted by Gasteiger charge is 2.48. The fourth-order valence-electron chi connectivity index (χ4n) is 2.52. The molecule has 1 N–H and O–H groups in total. The molecular formula is C15H19NO3. The molecule has 1 saturated heterocycles. The molecule has 1 aromatic rings. The number of nitrogens with one attached hydrogen (secondary N) is 1. The summed E-state index contributed by atoms with van der Waals surface area (Å²) in [6, 6.07) is 9.61. The van der Waals surface area contributed by atoms with Crippen LogP contribution >= 0.6 is 0 Å². The minimum absolute atomic E-state index is 0.207. The first-order valence-electron chi connectivity index (χ1n) is 6.68. The van der Waals surface area contributed by atoms with Crippen LogP contribution in [0.25, 0.3) is 0 Å². The van der Waals surface area contributed by atoms with Crippen molar-refractivity contribution in [3.05, 3.63) is 35.9 Å². The molecule has 0 spiro atoms. The Kier molecular flexibility index (Phi) is 4.20. The molecule has 0 aromatic heterocycles. The van der Waals surface area contributed by atoms with Crippen molar-refractivity contribution in [2.45, 2.75) is 26.2 Å². The fraction of sp³-hybridized carbons (Fsp3) is 0.467. The maximum Gasteiger partial charge on any atom is 0.321 e. The molecule has 19 heavy (non-hydrogen) atoms. The third-order valence-corrected chi connectivity index (χ3v) is 3.52. The van der Waals surface area contributed by atoms with E-state index in [1.54, 1.807) is 6.92 Å². The molecule has 0 saturated carbocycles. The van der Waals surface area contributed by atoms with Gasteiger partial charge in [-0.3, -0.25) is 9.59 Å². The number of piperidine rings is 1. The van der Waals surface area contributed by atoms with E-state index in [0.29, 0.717) is 26.0 Å². The van der Waals surface area contributed by atoms with Gasteiger partial charge in [0.1, 0.15) is 0 Å². The van der Waals surface area contributed by atoms with E-state index in [0.717, 1.165) is 12.0 Å². The average Bonchev–Trinajstić information content (AvgIpc) is 2.43. The van der Waals surface area contributed by atoms with Crippen molar-refractivity contribution in [2.75, 3.05) is 13.2 Å². The zero-order chi connectivity index (χ0) is 13.7. The van der Waals surface area contributed by atoms with Crippen LogP contribution in [0.1, 0.15) is 25.3 Å². The van der Waals surface area contributed by atoms with Gasteiger partial charge in [-0.15, -0.1) is 0 Å². The van der Waals surface area contributed by atoms with Gasteiger partial charge >= 0.3 is 5.97 Å². The van der Waals surface area contributed by atoms with Crippen molar-refractivity contribution in [3.8, 4) is 0 Å². The highest BCUT2D eigenvalue weighted by atomic mass is 16.5. The molecule has 1 fully saturated rings. The minimum Gasteiger partial charge on any atom is -0.465 e. The van der Waals surface area contributed by atoms with Crippen LogP contribution in [0.5, 0.6) is 0 Å². The standard InChI is InChI=1S/C15H19NO3/c1-2-19-14(18)15(9-6-10-16-13(15)17)11-12-7-4-3-5-8-12/h3-5,7-8H,2,6,9-11H2,1H3,(H,16,17). The van der Waals surface area contributed by atoms with E-state index in [2.05, 4.69) is 5.32 Å². The number of benzene rings is 1. The van der Waals surface area contributed by atoms with Gasteiger partial charge in [-0.25, -0.2) is 0 Å². The number of carbonyl (C=O) groups excluding carboxylic acids is 2. The average molecular weight is 261 g/mol. The van der Waals surface area contributed by atoms with E-state index in [-0.39, 0.29) is 5.91 Å². The second kappa shape index (κ2) is 5.87. The van der Waals surface area contributed by atoms with E-state index >= 15 is 0 Å². The van der Waals surface area contributed by atoms with Crippen LogP contribution in [0.2, 0.25) is 0 Å². The van der Waals surface area contributed by atoms with Gasteiger partial charge in [0, 0.05) is 6.54 Å². The van der Waals surface area contributed by atoms with Crippen molar-refractivity contribution in [1.82, 2.24) is 5.32 Å². The summed E-state index contributed by atoms with van der Waals surface area (Å²) in [7, 11) is 0. The maximum atomic E-state index is 12.3. The minimum atomic E-state index is -1.06. The Morgan fingerprint density at radius 3 is 2.74 bits per heavy atom. The van der Waals surface area contributed by atoms with Gasteiger partial charge in [-0.2, -0.15) is 0 Å². The highest BCUT2D eigenvalue weighted by Crippen LogP contribution is 2.33. The summed E-state index contributed by atoms with van der Waals surface area (Å²) in [6.07, 6.45) is 1.75. The lowest BCUT2D eigenvalue weighted by Gasteiger charge is -2.33. The van der Waals surface area contributed by atoms with Crippen LogP contribution in [0.15, 0.2) is 30.3 Å². The molecule has 0 radical (unpaired) electrons. The number of esters is 1. The molecule has 1 aliphatic rings. The van der Waals surface area contributed by atoms with Gasteiger partial charge in [0.25, 0.3) is 0 Å². The third kappa shape index (κ3) is 2.78. The first kappa shape index (κ1) is 13.6. The smallest absolute Gasteiger partial charge is 0.321 e. The number of rotatable bonds is 4. The summed E-state index contributed by atoms with van der Waals surface area (Å²) in [4.78, 5) is 24.5. The molecule has 1 amide bonds. The fourth-order valence-corrected chi connectivity index (χ4v) is 2.52. The maximum absolute atomic E-state index is 12.3. The molecule has 4 heteroatoms. The van der Waals surface area contributed by atoms with Crippen molar-refractivity contribution >= 4 is 11.9 Å². The van der Waals surface area contributed by atoms with Crippen LogP contribution in [0.3, 0.4) is 0 Å². The van der Waals surface area contributed by atoms with E-state index in [1.165, 1.54) is 0 Å². The number of amides is 1. The molecule has 1 heterocycles. The molecule has 1 aliphatic heterocycles. The van der Waals surface area contributed by atoms with Crippen LogP contribution in [0, 0.1) is 5.41 Å². The Balaban J connectivity index is 2.28. The first-order valence-corrected chi connectivity index (χ1v) is 6.68. The van der Waals surface area contributed by atoms with Gasteiger partial charge in [-0.05, 0) is 31.7 Å². The number of ether oxygens (including phenoxy) is 1. The van der Waals surface area contributed by atoms with Gasteiger partial charge < -0.3 is 10.1 Å². The predicted molar refractivity (Wildman–Crippen MR) is 71.5 cm³/mol. The van der Waals surface area contributed by atoms with Crippen LogP contribution in [-0.4, -0.2) is 25.0 Å². The zero-order valence-electron chi connectivity index (χ0n) is 11.1. The molecular weight excluding hydrogens is 242 g/mol. The summed E-state index contributed by atoms with van der Waals surface area (Å²) in [5, 5.41) is 2.79. The van der Waals surface area contributed by atoms with E-state index in [4.69, 9.17) is 4.74 Å². The second-order valence-electron chi connectivity index (χ2n) is 4.82. The highest BCUT2D eigenvalue weighted by molar-refractivity contribution is 6.03. The van der Waals surface area contributed by atoms with Crippen LogP contribution in [0.4, 0.5) is 0 Å². The van der Waals surface area contributed by atoms with Crippen LogP contribution < -0.4 is 5.32 Å². The summed E-state index contributed by atoms with van der Waals surface area (Å²) in [5.74, 6) is -0.614. The Hall–Kier alpha value is -1.84. The largest absolute Gasteiger partial charge is 0.465 e. The summed E-state index contributed by atoms with van der Waals surface area (Å²) >= 11 is 0. The Morgan fingerprint density at radius 2 is 2.11 bits per heavy atom. The molecule has 1 unspecified atom stereocenters. The Bertz CT molecular complexity index is 458. The lowest BCUT2D eigenvalue weighted by molar-refractivity contribution is -0.163. The Morgan fingerprint density at radius 1 is 1.37 bits per heavy atom. The van der Waals surface area contributed by atoms with E-state index < -0.39 is 11.4 Å². The summed E-state index contributed by atoms with van der Waals surface area (Å²) < 4.78 is 5.13. The Labute approximate surface area is 113 Å². The first-order chi connectivity index (χ1) is 9.19. The molecule has 102 valence electrons. The van der Waals surface area contributed by atoms with Crippen molar-refractivity contribution in [2.24, 2.45) is 5.41 Å². The van der Waals surface area contributed by atoms with E-state index in [9.17, 15) is 9.59 Å². The number of hydrogen-bond acceptors (Lipinski definition) is 3. The topological polar surface area (TPSA) is 55.4 Å². The second-order valence-corrected chi connectivity index (χ2v) is 4.82. The predicted octanol–water partition coefficient (Wildman–Crippen LogP) is 1.69. The molecule has 4 nitrogen and oxygen atoms in total. The molecule has 1 atom stereocenters. The summed E-state index contributed by atoms with van der Waals surface area (Å²) in [6.45, 7) is 2.69. The monoisotopic (exact) mass is 261 g/mol. The van der Waals surface area contributed by atoms with Gasteiger partial charge in [0.05, 0.1) is 6.61 Å². The third-order valence-electron chi connectivity index (χ3n) is 3.52. The SMILES string of the molecule is CCOC(=O)C1(Cc2ccccc2)CCCNC1=O. The van der Waals surface area contributed by atoms with E-state index in [1.807, 2.05) is 30.3 Å². The quantitative estimate of drug-likeness (QED) is 0.663. The zero-order valence-corrected chi connectivity index (χ0v) is 11.1. The lowest BCUT2D eigenvalue weighted by atomic mass is 9.75. The molecule has 2 rings (SSSR count). The van der Waals surface area contributed by atoms with Gasteiger partial charge in [0.2, 0.25) is 5.91 Å². The van der Waals surface area contributed by atoms with Crippen molar-refractivity contribution in [1.29, 1.82) is 0 Å². The molecule has 1 aromatic carbocycles. The van der Waals surface area contributed by atoms with Gasteiger partial charge in [0.15, 0.2) is 5.41 Å². The number of carbonyl (C=O) groups is 2. The normalized spacial score (nSPS) is 22.7. The lowest BCUT2D eigenvalue weighted by Crippen LogP contribution is -2.52. The van der Waals surface area contributed by atoms with Crippen molar-refractivity contribution < 1.29 is 14.3 Å². The molecule has 0 bridgehead atoms. The summed E-state index contributed by atoms with van der Waals surface area (Å²) in [5.41, 5.74) is -0.0806.